The van der Waals surface area contributed by atoms with Crippen LogP contribution in [0.3, 0.4) is 0 Å². The van der Waals surface area contributed by atoms with Crippen molar-refractivity contribution < 1.29 is 14.3 Å². The molecule has 0 spiro atoms. The third-order valence-corrected chi connectivity index (χ3v) is 5.18. The van der Waals surface area contributed by atoms with Gasteiger partial charge in [0, 0.05) is 25.6 Å². The summed E-state index contributed by atoms with van der Waals surface area (Å²) in [6.45, 7) is 1.69. The Bertz CT molecular complexity index is 559. The molecular weight excluding hydrogens is 320 g/mol. The Kier molecular flexibility index (Phi) is 5.94. The molecule has 0 radical (unpaired) electrons. The Labute approximate surface area is 149 Å². The van der Waals surface area contributed by atoms with Crippen molar-refractivity contribution in [2.24, 2.45) is 5.92 Å². The first-order valence-electron chi connectivity index (χ1n) is 9.19. The first-order valence-corrected chi connectivity index (χ1v) is 9.19. The maximum absolute atomic E-state index is 12.2. The fourth-order valence-corrected chi connectivity index (χ4v) is 3.70. The van der Waals surface area contributed by atoms with Crippen LogP contribution < -0.4 is 19.7 Å². The van der Waals surface area contributed by atoms with Crippen molar-refractivity contribution in [2.45, 2.75) is 51.0 Å². The van der Waals surface area contributed by atoms with E-state index in [1.807, 2.05) is 0 Å². The monoisotopic (exact) mass is 348 g/mol. The minimum Gasteiger partial charge on any atom is -0.481 e. The smallest absolute Gasteiger partial charge is 0.231 e. The van der Waals surface area contributed by atoms with Gasteiger partial charge in [0.2, 0.25) is 23.6 Å². The summed E-state index contributed by atoms with van der Waals surface area (Å²) < 4.78 is 10.4. The lowest BCUT2D eigenvalue weighted by atomic mass is 9.93. The molecule has 1 aliphatic heterocycles. The second kappa shape index (κ2) is 8.36. The van der Waals surface area contributed by atoms with Gasteiger partial charge in [-0.2, -0.15) is 9.97 Å². The van der Waals surface area contributed by atoms with Crippen LogP contribution in [-0.4, -0.2) is 49.2 Å². The second-order valence-electron chi connectivity index (χ2n) is 6.94. The highest BCUT2D eigenvalue weighted by molar-refractivity contribution is 5.76. The molecule has 3 rings (SSSR count). The molecule has 2 aliphatic rings. The van der Waals surface area contributed by atoms with Gasteiger partial charge in [-0.05, 0) is 31.6 Å². The number of carbonyl (C=O) groups is 1. The standard InChI is InChI=1S/C18H28N4O3/c1-24-16-12-17(25-2)21-18(20-16)22-9-7-13(8-10-22)11-15(23)19-14-5-3-4-6-14/h12-14H,3-11H2,1-2H3,(H,19,23). The van der Waals surface area contributed by atoms with Gasteiger partial charge in [-0.3, -0.25) is 4.79 Å². The first kappa shape index (κ1) is 17.8. The fraction of sp³-hybridized carbons (Fsp3) is 0.722. The van der Waals surface area contributed by atoms with E-state index in [9.17, 15) is 4.79 Å². The van der Waals surface area contributed by atoms with Crippen LogP contribution in [-0.2, 0) is 4.79 Å². The van der Waals surface area contributed by atoms with Crippen LogP contribution >= 0.6 is 0 Å². The molecule has 1 amide bonds. The predicted molar refractivity (Wildman–Crippen MR) is 95.1 cm³/mol. The maximum atomic E-state index is 12.2. The number of nitrogens with zero attached hydrogens (tertiary/aromatic N) is 3. The second-order valence-corrected chi connectivity index (χ2v) is 6.94. The molecule has 7 heteroatoms. The normalized spacial score (nSPS) is 19.0. The van der Waals surface area contributed by atoms with Gasteiger partial charge in [0.15, 0.2) is 0 Å². The Morgan fingerprint density at radius 2 is 1.72 bits per heavy atom. The summed E-state index contributed by atoms with van der Waals surface area (Å²) in [4.78, 5) is 23.2. The van der Waals surface area contributed by atoms with E-state index in [0.717, 1.165) is 38.8 Å². The Hall–Kier alpha value is -2.05. The highest BCUT2D eigenvalue weighted by Gasteiger charge is 2.25. The molecule has 0 aromatic carbocycles. The van der Waals surface area contributed by atoms with E-state index < -0.39 is 0 Å². The number of hydrogen-bond acceptors (Lipinski definition) is 6. The topological polar surface area (TPSA) is 76.6 Å². The molecule has 25 heavy (non-hydrogen) atoms. The molecule has 2 fully saturated rings. The summed E-state index contributed by atoms with van der Waals surface area (Å²) in [5.74, 6) is 2.28. The minimum absolute atomic E-state index is 0.213. The van der Waals surface area contributed by atoms with Crippen LogP contribution in [0.4, 0.5) is 5.95 Å². The summed E-state index contributed by atoms with van der Waals surface area (Å²) in [7, 11) is 3.17. The molecule has 1 aliphatic carbocycles. The van der Waals surface area contributed by atoms with Gasteiger partial charge >= 0.3 is 0 Å². The third-order valence-electron chi connectivity index (χ3n) is 5.18. The third kappa shape index (κ3) is 4.74. The van der Waals surface area contributed by atoms with Gasteiger partial charge in [0.05, 0.1) is 20.3 Å². The predicted octanol–water partition coefficient (Wildman–Crippen LogP) is 2.16. The highest BCUT2D eigenvalue weighted by Crippen LogP contribution is 2.26. The summed E-state index contributed by atoms with van der Waals surface area (Å²) in [6, 6.07) is 2.08. The van der Waals surface area contributed by atoms with Crippen LogP contribution in [0.1, 0.15) is 44.9 Å². The molecule has 1 N–H and O–H groups in total. The number of methoxy groups -OCH3 is 2. The van der Waals surface area contributed by atoms with Crippen molar-refractivity contribution in [2.75, 3.05) is 32.2 Å². The molecule has 7 nitrogen and oxygen atoms in total. The van der Waals surface area contributed by atoms with Crippen molar-refractivity contribution in [1.29, 1.82) is 0 Å². The van der Waals surface area contributed by atoms with Crippen LogP contribution in [0.25, 0.3) is 0 Å². The van der Waals surface area contributed by atoms with Gasteiger partial charge in [0.25, 0.3) is 0 Å². The van der Waals surface area contributed by atoms with E-state index in [0.29, 0.717) is 36.1 Å². The lowest BCUT2D eigenvalue weighted by Crippen LogP contribution is -2.38. The van der Waals surface area contributed by atoms with Crippen molar-refractivity contribution in [1.82, 2.24) is 15.3 Å². The molecule has 0 unspecified atom stereocenters. The lowest BCUT2D eigenvalue weighted by Gasteiger charge is -2.32. The van der Waals surface area contributed by atoms with Crippen molar-refractivity contribution >= 4 is 11.9 Å². The van der Waals surface area contributed by atoms with Crippen LogP contribution in [0.2, 0.25) is 0 Å². The number of carbonyl (C=O) groups excluding carboxylic acids is 1. The molecule has 2 heterocycles. The van der Waals surface area contributed by atoms with E-state index >= 15 is 0 Å². The summed E-state index contributed by atoms with van der Waals surface area (Å²) in [6.07, 6.45) is 7.34. The zero-order valence-electron chi connectivity index (χ0n) is 15.2. The van der Waals surface area contributed by atoms with Gasteiger partial charge in [-0.1, -0.05) is 12.8 Å². The quantitative estimate of drug-likeness (QED) is 0.849. The zero-order valence-corrected chi connectivity index (χ0v) is 15.2. The fourth-order valence-electron chi connectivity index (χ4n) is 3.70. The molecule has 1 saturated carbocycles. The van der Waals surface area contributed by atoms with Gasteiger partial charge in [-0.25, -0.2) is 0 Å². The van der Waals surface area contributed by atoms with Crippen LogP contribution in [0.5, 0.6) is 11.8 Å². The average molecular weight is 348 g/mol. The van der Waals surface area contributed by atoms with Gasteiger partial charge in [0.1, 0.15) is 0 Å². The summed E-state index contributed by atoms with van der Waals surface area (Å²) >= 11 is 0. The Morgan fingerprint density at radius 1 is 1.12 bits per heavy atom. The Morgan fingerprint density at radius 3 is 2.28 bits per heavy atom. The van der Waals surface area contributed by atoms with E-state index in [4.69, 9.17) is 9.47 Å². The molecular formula is C18H28N4O3. The molecule has 1 aromatic heterocycles. The zero-order chi connectivity index (χ0) is 17.6. The number of nitrogens with one attached hydrogen (secondary N) is 1. The molecule has 1 saturated heterocycles. The van der Waals surface area contributed by atoms with E-state index in [-0.39, 0.29) is 5.91 Å². The summed E-state index contributed by atoms with van der Waals surface area (Å²) in [5, 5.41) is 3.19. The highest BCUT2D eigenvalue weighted by atomic mass is 16.5. The van der Waals surface area contributed by atoms with Crippen LogP contribution in [0.15, 0.2) is 6.07 Å². The van der Waals surface area contributed by atoms with E-state index in [1.165, 1.54) is 12.8 Å². The Balaban J connectivity index is 1.50. The number of ether oxygens (including phenoxy) is 2. The van der Waals surface area contributed by atoms with Gasteiger partial charge in [-0.15, -0.1) is 0 Å². The largest absolute Gasteiger partial charge is 0.481 e. The molecule has 138 valence electrons. The molecule has 0 bridgehead atoms. The number of anilines is 1. The maximum Gasteiger partial charge on any atom is 0.231 e. The van der Waals surface area contributed by atoms with E-state index in [2.05, 4.69) is 20.2 Å². The number of aromatic nitrogens is 2. The van der Waals surface area contributed by atoms with Crippen molar-refractivity contribution in [3.05, 3.63) is 6.07 Å². The SMILES string of the molecule is COc1cc(OC)nc(N2CCC(CC(=O)NC3CCCC3)CC2)n1. The average Bonchev–Trinajstić information content (AvgIpc) is 3.14. The molecule has 1 aromatic rings. The van der Waals surface area contributed by atoms with Crippen molar-refractivity contribution in [3.8, 4) is 11.8 Å². The number of amides is 1. The summed E-state index contributed by atoms with van der Waals surface area (Å²) in [5.41, 5.74) is 0. The number of piperidine rings is 1. The first-order chi connectivity index (χ1) is 12.2. The van der Waals surface area contributed by atoms with Gasteiger partial charge < -0.3 is 19.7 Å². The van der Waals surface area contributed by atoms with E-state index in [1.54, 1.807) is 20.3 Å². The number of hydrogen-bond donors (Lipinski definition) is 1. The minimum atomic E-state index is 0.213. The molecule has 0 atom stereocenters. The van der Waals surface area contributed by atoms with Crippen LogP contribution in [0, 0.1) is 5.92 Å². The van der Waals surface area contributed by atoms with Crippen molar-refractivity contribution in [3.63, 3.8) is 0 Å². The number of rotatable bonds is 6. The lowest BCUT2D eigenvalue weighted by molar-refractivity contribution is -0.122.